The minimum absolute atomic E-state index is 0.700. The molecule has 1 aliphatic heterocycles. The largest absolute Gasteiger partial charge is 0.490 e. The summed E-state index contributed by atoms with van der Waals surface area (Å²) in [4.78, 5) is 0. The highest BCUT2D eigenvalue weighted by Crippen LogP contribution is 2.35. The van der Waals surface area contributed by atoms with Gasteiger partial charge in [0.15, 0.2) is 11.5 Å². The summed E-state index contributed by atoms with van der Waals surface area (Å²) in [6.07, 6.45) is 5.41. The summed E-state index contributed by atoms with van der Waals surface area (Å²) < 4.78 is 11.3. The van der Waals surface area contributed by atoms with Crippen molar-refractivity contribution in [1.29, 1.82) is 0 Å². The molecule has 1 heterocycles. The van der Waals surface area contributed by atoms with Crippen LogP contribution in [0, 0.1) is 0 Å². The molecule has 0 bridgehead atoms. The van der Waals surface area contributed by atoms with Crippen molar-refractivity contribution < 1.29 is 9.47 Å². The van der Waals surface area contributed by atoms with Gasteiger partial charge in [-0.3, -0.25) is 0 Å². The Morgan fingerprint density at radius 1 is 1.10 bits per heavy atom. The van der Waals surface area contributed by atoms with Gasteiger partial charge in [-0.15, -0.1) is 0 Å². The highest BCUT2D eigenvalue weighted by Gasteiger charge is 2.13. The summed E-state index contributed by atoms with van der Waals surface area (Å²) in [5, 5.41) is 4.20. The van der Waals surface area contributed by atoms with Crippen molar-refractivity contribution in [2.45, 2.75) is 39.0 Å². The first-order valence-corrected chi connectivity index (χ1v) is 7.98. The zero-order chi connectivity index (χ0) is 14.2. The molecular formula is C16H24ClNO2. The summed E-state index contributed by atoms with van der Waals surface area (Å²) in [6, 6.07) is 3.94. The average Bonchev–Trinajstić information content (AvgIpc) is 2.67. The maximum atomic E-state index is 6.33. The molecule has 3 nitrogen and oxygen atoms in total. The Kier molecular flexibility index (Phi) is 6.48. The predicted octanol–water partition coefficient (Wildman–Crippen LogP) is 3.82. The third-order valence-corrected chi connectivity index (χ3v) is 3.74. The lowest BCUT2D eigenvalue weighted by Crippen LogP contribution is -2.15. The van der Waals surface area contributed by atoms with E-state index in [4.69, 9.17) is 21.1 Å². The summed E-state index contributed by atoms with van der Waals surface area (Å²) in [7, 11) is 0. The third-order valence-electron chi connectivity index (χ3n) is 3.39. The number of benzene rings is 1. The van der Waals surface area contributed by atoms with E-state index >= 15 is 0 Å². The lowest BCUT2D eigenvalue weighted by atomic mass is 10.1. The van der Waals surface area contributed by atoms with Crippen molar-refractivity contribution in [3.63, 3.8) is 0 Å². The number of hydrogen-bond donors (Lipinski definition) is 1. The Bertz CT molecular complexity index is 423. The van der Waals surface area contributed by atoms with Gasteiger partial charge >= 0.3 is 0 Å². The zero-order valence-corrected chi connectivity index (χ0v) is 13.0. The molecule has 112 valence electrons. The molecule has 0 spiro atoms. The lowest BCUT2D eigenvalue weighted by molar-refractivity contribution is 0.297. The number of hydrogen-bond acceptors (Lipinski definition) is 3. The van der Waals surface area contributed by atoms with Crippen LogP contribution in [0.4, 0.5) is 0 Å². The Labute approximate surface area is 126 Å². The van der Waals surface area contributed by atoms with Gasteiger partial charge < -0.3 is 14.8 Å². The van der Waals surface area contributed by atoms with Gasteiger partial charge in [0, 0.05) is 17.5 Å². The van der Waals surface area contributed by atoms with Crippen LogP contribution in [0.1, 0.15) is 38.2 Å². The minimum atomic E-state index is 0.700. The molecule has 1 aliphatic rings. The smallest absolute Gasteiger partial charge is 0.162 e. The van der Waals surface area contributed by atoms with Crippen LogP contribution in [0.2, 0.25) is 5.02 Å². The number of aryl methyl sites for hydroxylation is 1. The molecule has 1 aromatic rings. The van der Waals surface area contributed by atoms with Gasteiger partial charge in [-0.1, -0.05) is 18.5 Å². The van der Waals surface area contributed by atoms with Crippen LogP contribution in [0.3, 0.4) is 0 Å². The van der Waals surface area contributed by atoms with E-state index in [1.807, 2.05) is 12.1 Å². The van der Waals surface area contributed by atoms with E-state index in [0.717, 1.165) is 61.0 Å². The Morgan fingerprint density at radius 3 is 2.60 bits per heavy atom. The van der Waals surface area contributed by atoms with E-state index in [0.29, 0.717) is 6.61 Å². The highest BCUT2D eigenvalue weighted by atomic mass is 35.5. The van der Waals surface area contributed by atoms with Crippen LogP contribution >= 0.6 is 11.6 Å². The normalized spacial score (nSPS) is 14.1. The van der Waals surface area contributed by atoms with Gasteiger partial charge in [0.25, 0.3) is 0 Å². The molecular weight excluding hydrogens is 274 g/mol. The van der Waals surface area contributed by atoms with Crippen molar-refractivity contribution in [2.75, 3.05) is 26.3 Å². The van der Waals surface area contributed by atoms with Gasteiger partial charge in [0.2, 0.25) is 0 Å². The SMILES string of the molecule is CCCNCCCCc1cc2c(cc1Cl)OCCCO2. The Morgan fingerprint density at radius 2 is 1.85 bits per heavy atom. The standard InChI is InChI=1S/C16H24ClNO2/c1-2-7-18-8-4-3-6-13-11-15-16(12-14(13)17)20-10-5-9-19-15/h11-12,18H,2-10H2,1H3. The van der Waals surface area contributed by atoms with Crippen LogP contribution in [0.25, 0.3) is 0 Å². The van der Waals surface area contributed by atoms with Crippen molar-refractivity contribution in [2.24, 2.45) is 0 Å². The highest BCUT2D eigenvalue weighted by molar-refractivity contribution is 6.31. The summed E-state index contributed by atoms with van der Waals surface area (Å²) in [6.45, 7) is 5.78. The van der Waals surface area contributed by atoms with Gasteiger partial charge in [0.05, 0.1) is 13.2 Å². The summed E-state index contributed by atoms with van der Waals surface area (Å²) in [5.74, 6) is 1.62. The van der Waals surface area contributed by atoms with E-state index in [1.54, 1.807) is 0 Å². The minimum Gasteiger partial charge on any atom is -0.490 e. The molecule has 0 aliphatic carbocycles. The number of unbranched alkanes of at least 4 members (excludes halogenated alkanes) is 1. The number of fused-ring (bicyclic) bond motifs is 1. The van der Waals surface area contributed by atoms with Crippen LogP contribution in [-0.4, -0.2) is 26.3 Å². The second-order valence-corrected chi connectivity index (χ2v) is 5.56. The van der Waals surface area contributed by atoms with Gasteiger partial charge in [-0.25, -0.2) is 0 Å². The number of rotatable bonds is 7. The lowest BCUT2D eigenvalue weighted by Gasteiger charge is -2.11. The number of halogens is 1. The quantitative estimate of drug-likeness (QED) is 0.776. The van der Waals surface area contributed by atoms with Crippen molar-refractivity contribution in [3.05, 3.63) is 22.7 Å². The van der Waals surface area contributed by atoms with Gasteiger partial charge in [-0.2, -0.15) is 0 Å². The summed E-state index contributed by atoms with van der Waals surface area (Å²) in [5.41, 5.74) is 1.16. The molecule has 4 heteroatoms. The molecule has 0 amide bonds. The first kappa shape index (κ1) is 15.5. The molecule has 0 atom stereocenters. The van der Waals surface area contributed by atoms with E-state index in [2.05, 4.69) is 12.2 Å². The number of nitrogens with one attached hydrogen (secondary N) is 1. The first-order chi connectivity index (χ1) is 9.81. The molecule has 0 saturated heterocycles. The van der Waals surface area contributed by atoms with Crippen LogP contribution in [-0.2, 0) is 6.42 Å². The van der Waals surface area contributed by atoms with Crippen molar-refractivity contribution >= 4 is 11.6 Å². The monoisotopic (exact) mass is 297 g/mol. The van der Waals surface area contributed by atoms with E-state index in [-0.39, 0.29) is 0 Å². The van der Waals surface area contributed by atoms with E-state index in [9.17, 15) is 0 Å². The predicted molar refractivity (Wildman–Crippen MR) is 83.2 cm³/mol. The van der Waals surface area contributed by atoms with Gasteiger partial charge in [0.1, 0.15) is 0 Å². The third kappa shape index (κ3) is 4.57. The fraction of sp³-hybridized carbons (Fsp3) is 0.625. The van der Waals surface area contributed by atoms with Crippen molar-refractivity contribution in [1.82, 2.24) is 5.32 Å². The molecule has 0 aromatic heterocycles. The number of ether oxygens (including phenoxy) is 2. The fourth-order valence-corrected chi connectivity index (χ4v) is 2.53. The Hall–Kier alpha value is -0.930. The fourth-order valence-electron chi connectivity index (χ4n) is 2.28. The Balaban J connectivity index is 1.86. The molecule has 2 rings (SSSR count). The molecule has 1 N–H and O–H groups in total. The van der Waals surface area contributed by atoms with E-state index in [1.165, 1.54) is 12.8 Å². The molecule has 20 heavy (non-hydrogen) atoms. The maximum Gasteiger partial charge on any atom is 0.162 e. The molecule has 0 unspecified atom stereocenters. The molecule has 0 radical (unpaired) electrons. The van der Waals surface area contributed by atoms with Crippen LogP contribution in [0.15, 0.2) is 12.1 Å². The second kappa shape index (κ2) is 8.38. The van der Waals surface area contributed by atoms with Gasteiger partial charge in [-0.05, 0) is 50.4 Å². The molecule has 0 fully saturated rings. The maximum absolute atomic E-state index is 6.33. The average molecular weight is 298 g/mol. The molecule has 0 saturated carbocycles. The van der Waals surface area contributed by atoms with Crippen molar-refractivity contribution in [3.8, 4) is 11.5 Å². The van der Waals surface area contributed by atoms with E-state index < -0.39 is 0 Å². The zero-order valence-electron chi connectivity index (χ0n) is 12.2. The van der Waals surface area contributed by atoms with Crippen LogP contribution in [0.5, 0.6) is 11.5 Å². The first-order valence-electron chi connectivity index (χ1n) is 7.60. The second-order valence-electron chi connectivity index (χ2n) is 5.15. The van der Waals surface area contributed by atoms with Crippen LogP contribution < -0.4 is 14.8 Å². The summed E-state index contributed by atoms with van der Waals surface area (Å²) >= 11 is 6.33. The molecule has 1 aromatic carbocycles. The topological polar surface area (TPSA) is 30.5 Å².